The maximum absolute atomic E-state index is 13.0. The minimum atomic E-state index is -4.41. The van der Waals surface area contributed by atoms with Crippen molar-refractivity contribution in [2.24, 2.45) is 5.73 Å². The molecule has 0 radical (unpaired) electrons. The van der Waals surface area contributed by atoms with E-state index in [0.29, 0.717) is 5.75 Å². The zero-order valence-corrected chi connectivity index (χ0v) is 18.7. The Kier molecular flexibility index (Phi) is 7.51. The molecule has 0 saturated carbocycles. The molecule has 0 fully saturated rings. The SMILES string of the molecule is COCC#CCC(N)(C(=O)O)S(=O)(=O)c1ccc(-c2ccc(Oc3ccccc3)cc2)cc1. The van der Waals surface area contributed by atoms with Gasteiger partial charge in [-0.05, 0) is 47.5 Å². The summed E-state index contributed by atoms with van der Waals surface area (Å²) < 4.78 is 36.5. The summed E-state index contributed by atoms with van der Waals surface area (Å²) in [6.07, 6.45) is -0.571. The lowest BCUT2D eigenvalue weighted by atomic mass is 10.1. The molecule has 170 valence electrons. The zero-order valence-electron chi connectivity index (χ0n) is 17.9. The first-order chi connectivity index (χ1) is 15.8. The number of para-hydroxylation sites is 1. The molecule has 3 aromatic carbocycles. The number of nitrogens with two attached hydrogens (primary N) is 1. The summed E-state index contributed by atoms with van der Waals surface area (Å²) in [7, 11) is -2.99. The molecule has 0 amide bonds. The number of rotatable bonds is 8. The molecule has 0 aliphatic heterocycles. The lowest BCUT2D eigenvalue weighted by Crippen LogP contribution is -2.54. The quantitative estimate of drug-likeness (QED) is 0.487. The standard InChI is InChI=1S/C25H23NO6S/c1-31-18-6-5-17-25(26,24(27)28)33(29,30)23-15-11-20(12-16-23)19-9-13-22(14-10-19)32-21-7-3-2-4-8-21/h2-4,7-16H,17-18,26H2,1H3,(H,27,28). The van der Waals surface area contributed by atoms with Gasteiger partial charge in [0.1, 0.15) is 18.1 Å². The number of carbonyl (C=O) groups is 1. The molecule has 0 heterocycles. The second kappa shape index (κ2) is 10.3. The summed E-state index contributed by atoms with van der Waals surface area (Å²) in [6.45, 7) is 0.0413. The van der Waals surface area contributed by atoms with E-state index in [4.69, 9.17) is 15.2 Å². The third kappa shape index (κ3) is 5.41. The van der Waals surface area contributed by atoms with Crippen molar-refractivity contribution in [2.45, 2.75) is 16.2 Å². The van der Waals surface area contributed by atoms with Crippen LogP contribution in [0.3, 0.4) is 0 Å². The van der Waals surface area contributed by atoms with E-state index in [1.807, 2.05) is 42.5 Å². The van der Waals surface area contributed by atoms with E-state index < -0.39 is 27.1 Å². The molecule has 3 rings (SSSR count). The number of hydrogen-bond donors (Lipinski definition) is 2. The Morgan fingerprint density at radius 1 is 0.909 bits per heavy atom. The summed E-state index contributed by atoms with van der Waals surface area (Å²) in [4.78, 5) is 8.96. The largest absolute Gasteiger partial charge is 0.479 e. The van der Waals surface area contributed by atoms with Crippen molar-refractivity contribution >= 4 is 15.8 Å². The summed E-state index contributed by atoms with van der Waals surface area (Å²) in [5.74, 6) is 4.71. The first kappa shape index (κ1) is 24.0. The fraction of sp³-hybridized carbons (Fsp3) is 0.160. The highest BCUT2D eigenvalue weighted by molar-refractivity contribution is 7.93. The number of carboxylic acid groups (broad SMARTS) is 1. The first-order valence-electron chi connectivity index (χ1n) is 9.93. The van der Waals surface area contributed by atoms with Gasteiger partial charge in [-0.2, -0.15) is 0 Å². The summed E-state index contributed by atoms with van der Waals surface area (Å²) in [6, 6.07) is 22.5. The summed E-state index contributed by atoms with van der Waals surface area (Å²) in [5.41, 5.74) is 7.40. The van der Waals surface area contributed by atoms with E-state index in [2.05, 4.69) is 11.8 Å². The van der Waals surface area contributed by atoms with Crippen LogP contribution in [0.5, 0.6) is 11.5 Å². The molecule has 8 heteroatoms. The fourth-order valence-electron chi connectivity index (χ4n) is 2.98. The zero-order chi connectivity index (χ0) is 23.9. The third-order valence-electron chi connectivity index (χ3n) is 4.87. The van der Waals surface area contributed by atoms with Crippen LogP contribution >= 0.6 is 0 Å². The number of benzene rings is 3. The molecule has 0 aliphatic carbocycles. The first-order valence-corrected chi connectivity index (χ1v) is 11.4. The highest BCUT2D eigenvalue weighted by Crippen LogP contribution is 2.29. The number of aliphatic carboxylic acids is 1. The Bertz CT molecular complexity index is 1260. The molecule has 0 aliphatic rings. The van der Waals surface area contributed by atoms with Crippen LogP contribution in [0.1, 0.15) is 6.42 Å². The summed E-state index contributed by atoms with van der Waals surface area (Å²) >= 11 is 0. The Hall–Kier alpha value is -3.64. The normalized spacial score (nSPS) is 12.8. The Morgan fingerprint density at radius 2 is 1.45 bits per heavy atom. The van der Waals surface area contributed by atoms with Crippen LogP contribution in [0.2, 0.25) is 0 Å². The monoisotopic (exact) mass is 465 g/mol. The van der Waals surface area contributed by atoms with Gasteiger partial charge in [-0.25, -0.2) is 13.2 Å². The summed E-state index contributed by atoms with van der Waals surface area (Å²) in [5, 5.41) is 9.54. The van der Waals surface area contributed by atoms with E-state index in [1.54, 1.807) is 24.3 Å². The predicted molar refractivity (Wildman–Crippen MR) is 124 cm³/mol. The second-order valence-electron chi connectivity index (χ2n) is 7.13. The van der Waals surface area contributed by atoms with Crippen LogP contribution < -0.4 is 10.5 Å². The fourth-order valence-corrected chi connectivity index (χ4v) is 4.39. The Morgan fingerprint density at radius 3 is 2.00 bits per heavy atom. The van der Waals surface area contributed by atoms with Gasteiger partial charge in [-0.3, -0.25) is 0 Å². The van der Waals surface area contributed by atoms with Crippen molar-refractivity contribution in [2.75, 3.05) is 13.7 Å². The van der Waals surface area contributed by atoms with Gasteiger partial charge in [-0.15, -0.1) is 0 Å². The minimum absolute atomic E-state index is 0.0413. The van der Waals surface area contributed by atoms with E-state index in [1.165, 1.54) is 19.2 Å². The van der Waals surface area contributed by atoms with E-state index in [9.17, 15) is 18.3 Å². The number of methoxy groups -OCH3 is 1. The molecule has 33 heavy (non-hydrogen) atoms. The molecule has 1 atom stereocenters. The average Bonchev–Trinajstić information content (AvgIpc) is 2.82. The van der Waals surface area contributed by atoms with Gasteiger partial charge in [0.2, 0.25) is 14.7 Å². The highest BCUT2D eigenvalue weighted by Gasteiger charge is 2.48. The van der Waals surface area contributed by atoms with Crippen LogP contribution in [0.4, 0.5) is 0 Å². The molecule has 0 saturated heterocycles. The van der Waals surface area contributed by atoms with Crippen LogP contribution in [0.15, 0.2) is 83.8 Å². The lowest BCUT2D eigenvalue weighted by molar-refractivity contribution is -0.139. The number of sulfone groups is 1. The second-order valence-corrected chi connectivity index (χ2v) is 9.33. The predicted octanol–water partition coefficient (Wildman–Crippen LogP) is 3.70. The third-order valence-corrected chi connectivity index (χ3v) is 7.04. The molecule has 3 aromatic rings. The molecule has 0 bridgehead atoms. The van der Waals surface area contributed by atoms with E-state index in [-0.39, 0.29) is 11.5 Å². The highest BCUT2D eigenvalue weighted by atomic mass is 32.2. The molecule has 1 unspecified atom stereocenters. The molecular formula is C25H23NO6S. The molecule has 3 N–H and O–H groups in total. The molecule has 0 aromatic heterocycles. The van der Waals surface area contributed by atoms with Gasteiger partial charge in [0.05, 0.1) is 11.3 Å². The van der Waals surface area contributed by atoms with Gasteiger partial charge in [0.25, 0.3) is 0 Å². The van der Waals surface area contributed by atoms with Crippen LogP contribution in [-0.4, -0.2) is 38.1 Å². The van der Waals surface area contributed by atoms with Crippen molar-refractivity contribution in [3.05, 3.63) is 78.9 Å². The van der Waals surface area contributed by atoms with Crippen LogP contribution in [-0.2, 0) is 19.4 Å². The Balaban J connectivity index is 1.81. The maximum atomic E-state index is 13.0. The molecule has 0 spiro atoms. The minimum Gasteiger partial charge on any atom is -0.479 e. The number of hydrogen-bond acceptors (Lipinski definition) is 6. The van der Waals surface area contributed by atoms with Crippen molar-refractivity contribution in [3.8, 4) is 34.5 Å². The topological polar surface area (TPSA) is 116 Å². The van der Waals surface area contributed by atoms with Gasteiger partial charge in [0, 0.05) is 7.11 Å². The van der Waals surface area contributed by atoms with Gasteiger partial charge < -0.3 is 20.3 Å². The van der Waals surface area contributed by atoms with Gasteiger partial charge in [-0.1, -0.05) is 54.3 Å². The smallest absolute Gasteiger partial charge is 0.340 e. The maximum Gasteiger partial charge on any atom is 0.340 e. The Labute approximate surface area is 192 Å². The van der Waals surface area contributed by atoms with Crippen molar-refractivity contribution in [1.82, 2.24) is 0 Å². The van der Waals surface area contributed by atoms with Gasteiger partial charge >= 0.3 is 5.97 Å². The average molecular weight is 466 g/mol. The van der Waals surface area contributed by atoms with Crippen LogP contribution in [0.25, 0.3) is 11.1 Å². The molecular weight excluding hydrogens is 442 g/mol. The van der Waals surface area contributed by atoms with Gasteiger partial charge in [0.15, 0.2) is 0 Å². The lowest BCUT2D eigenvalue weighted by Gasteiger charge is -2.22. The number of ether oxygens (including phenoxy) is 2. The van der Waals surface area contributed by atoms with E-state index >= 15 is 0 Å². The van der Waals surface area contributed by atoms with Crippen molar-refractivity contribution in [3.63, 3.8) is 0 Å². The van der Waals surface area contributed by atoms with Crippen molar-refractivity contribution in [1.29, 1.82) is 0 Å². The molecule has 7 nitrogen and oxygen atoms in total. The van der Waals surface area contributed by atoms with Crippen molar-refractivity contribution < 1.29 is 27.8 Å². The van der Waals surface area contributed by atoms with Crippen LogP contribution in [0, 0.1) is 11.8 Å². The van der Waals surface area contributed by atoms with E-state index in [0.717, 1.165) is 16.9 Å². The number of carboxylic acids is 1.